The highest BCUT2D eigenvalue weighted by atomic mass is 79.9. The van der Waals surface area contributed by atoms with Gasteiger partial charge in [0.05, 0.1) is 30.0 Å². The Balaban J connectivity index is 1.78. The number of nitrogens with zero attached hydrogens (tertiary/aromatic N) is 1. The Kier molecular flexibility index (Phi) is 8.75. The molecule has 3 rings (SSSR count). The second-order valence-corrected chi connectivity index (χ2v) is 8.58. The highest BCUT2D eigenvalue weighted by Gasteiger charge is 2.35. The Bertz CT molecular complexity index is 1150. The molecule has 0 bridgehead atoms. The SMILES string of the molecule is CCOc1cc(/C=C2/NC(=O)N(CC(=O)Nc3ccccc3OC)C2=O)cc(Br)c1O[C@@H](C)CC. The van der Waals surface area contributed by atoms with E-state index in [-0.39, 0.29) is 11.8 Å². The largest absolute Gasteiger partial charge is 0.495 e. The second-order valence-electron chi connectivity index (χ2n) is 7.73. The number of ether oxygens (including phenoxy) is 3. The number of anilines is 1. The molecule has 2 N–H and O–H groups in total. The lowest BCUT2D eigenvalue weighted by atomic mass is 10.1. The molecule has 0 aliphatic carbocycles. The van der Waals surface area contributed by atoms with Crippen molar-refractivity contribution < 1.29 is 28.6 Å². The molecular weight excluding hydrogens is 518 g/mol. The molecular formula is C25H28BrN3O6. The number of urea groups is 1. The number of rotatable bonds is 10. The number of methoxy groups -OCH3 is 1. The minimum absolute atomic E-state index is 0.0130. The van der Waals surface area contributed by atoms with Crippen molar-refractivity contribution in [3.63, 3.8) is 0 Å². The maximum absolute atomic E-state index is 12.9. The first-order valence-electron chi connectivity index (χ1n) is 11.2. The van der Waals surface area contributed by atoms with Crippen molar-refractivity contribution in [1.29, 1.82) is 0 Å². The number of hydrogen-bond donors (Lipinski definition) is 2. The molecule has 0 spiro atoms. The molecule has 0 radical (unpaired) electrons. The first-order chi connectivity index (χ1) is 16.8. The zero-order valence-corrected chi connectivity index (χ0v) is 21.6. The zero-order valence-electron chi connectivity index (χ0n) is 20.0. The normalized spacial score (nSPS) is 15.1. The molecule has 2 aromatic rings. The molecule has 0 aromatic heterocycles. The molecule has 1 saturated heterocycles. The van der Waals surface area contributed by atoms with E-state index >= 15 is 0 Å². The number of carbonyl (C=O) groups is 3. The molecule has 1 fully saturated rings. The van der Waals surface area contributed by atoms with E-state index in [1.54, 1.807) is 36.4 Å². The minimum atomic E-state index is -0.683. The highest BCUT2D eigenvalue weighted by Crippen LogP contribution is 2.38. The van der Waals surface area contributed by atoms with Crippen molar-refractivity contribution in [2.75, 3.05) is 25.6 Å². The van der Waals surface area contributed by atoms with Gasteiger partial charge in [0.2, 0.25) is 5.91 Å². The smallest absolute Gasteiger partial charge is 0.329 e. The summed E-state index contributed by atoms with van der Waals surface area (Å²) in [5.74, 6) is 0.403. The van der Waals surface area contributed by atoms with E-state index in [1.807, 2.05) is 20.8 Å². The van der Waals surface area contributed by atoms with Gasteiger partial charge in [-0.1, -0.05) is 19.1 Å². The lowest BCUT2D eigenvalue weighted by molar-refractivity contribution is -0.127. The Morgan fingerprint density at radius 2 is 1.94 bits per heavy atom. The number of carbonyl (C=O) groups excluding carboxylic acids is 3. The van der Waals surface area contributed by atoms with Crippen LogP contribution < -0.4 is 24.8 Å². The van der Waals surface area contributed by atoms with Crippen LogP contribution in [0.25, 0.3) is 6.08 Å². The van der Waals surface area contributed by atoms with Gasteiger partial charge < -0.3 is 24.8 Å². The van der Waals surface area contributed by atoms with E-state index in [0.29, 0.717) is 39.6 Å². The van der Waals surface area contributed by atoms with Crippen LogP contribution in [0.2, 0.25) is 0 Å². The van der Waals surface area contributed by atoms with Gasteiger partial charge in [0.25, 0.3) is 5.91 Å². The van der Waals surface area contributed by atoms with E-state index in [4.69, 9.17) is 14.2 Å². The predicted molar refractivity (Wildman–Crippen MR) is 136 cm³/mol. The van der Waals surface area contributed by atoms with Gasteiger partial charge in [0, 0.05) is 0 Å². The molecule has 1 atom stereocenters. The number of amides is 4. The molecule has 35 heavy (non-hydrogen) atoms. The first-order valence-corrected chi connectivity index (χ1v) is 12.0. The summed E-state index contributed by atoms with van der Waals surface area (Å²) in [4.78, 5) is 38.7. The van der Waals surface area contributed by atoms with Crippen LogP contribution in [0.15, 0.2) is 46.6 Å². The Hall–Kier alpha value is -3.53. The Labute approximate surface area is 212 Å². The van der Waals surface area contributed by atoms with E-state index in [2.05, 4.69) is 26.6 Å². The van der Waals surface area contributed by atoms with Crippen molar-refractivity contribution in [2.45, 2.75) is 33.3 Å². The first kappa shape index (κ1) is 26.1. The van der Waals surface area contributed by atoms with Gasteiger partial charge in [-0.15, -0.1) is 0 Å². The Morgan fingerprint density at radius 1 is 1.20 bits per heavy atom. The van der Waals surface area contributed by atoms with Crippen LogP contribution in [0.5, 0.6) is 17.2 Å². The molecule has 1 aliphatic rings. The fourth-order valence-electron chi connectivity index (χ4n) is 3.30. The van der Waals surface area contributed by atoms with Gasteiger partial charge in [0.1, 0.15) is 18.0 Å². The standard InChI is InChI=1S/C25H28BrN3O6/c1-5-15(3)35-23-17(26)11-16(13-21(23)34-6-2)12-19-24(31)29(25(32)28-19)14-22(30)27-18-9-7-8-10-20(18)33-4/h7-13,15H,5-6,14H2,1-4H3,(H,27,30)(H,28,32)/b19-12+/t15-/m0/s1. The number of para-hydroxylation sites is 2. The average Bonchev–Trinajstić information content (AvgIpc) is 3.08. The summed E-state index contributed by atoms with van der Waals surface area (Å²) in [6.45, 7) is 5.82. The van der Waals surface area contributed by atoms with Gasteiger partial charge in [-0.05, 0) is 72.1 Å². The summed E-state index contributed by atoms with van der Waals surface area (Å²) >= 11 is 3.51. The molecule has 1 heterocycles. The van der Waals surface area contributed by atoms with Gasteiger partial charge in [0.15, 0.2) is 11.5 Å². The fraction of sp³-hybridized carbons (Fsp3) is 0.320. The van der Waals surface area contributed by atoms with Crippen molar-refractivity contribution in [1.82, 2.24) is 10.2 Å². The summed E-state index contributed by atoms with van der Waals surface area (Å²) < 4.78 is 17.6. The van der Waals surface area contributed by atoms with Crippen molar-refractivity contribution in [3.05, 3.63) is 52.1 Å². The summed E-state index contributed by atoms with van der Waals surface area (Å²) in [5.41, 5.74) is 1.10. The third-order valence-electron chi connectivity index (χ3n) is 5.18. The van der Waals surface area contributed by atoms with Gasteiger partial charge in [-0.3, -0.25) is 9.59 Å². The summed E-state index contributed by atoms with van der Waals surface area (Å²) in [5, 5.41) is 5.18. The minimum Gasteiger partial charge on any atom is -0.495 e. The molecule has 2 aromatic carbocycles. The molecule has 10 heteroatoms. The van der Waals surface area contributed by atoms with Crippen molar-refractivity contribution >= 4 is 45.5 Å². The van der Waals surface area contributed by atoms with E-state index < -0.39 is 24.4 Å². The summed E-state index contributed by atoms with van der Waals surface area (Å²) in [6, 6.07) is 9.67. The van der Waals surface area contributed by atoms with Crippen molar-refractivity contribution in [3.8, 4) is 17.2 Å². The van der Waals surface area contributed by atoms with E-state index in [1.165, 1.54) is 13.2 Å². The van der Waals surface area contributed by atoms with Crippen LogP contribution in [0, 0.1) is 0 Å². The molecule has 0 unspecified atom stereocenters. The fourth-order valence-corrected chi connectivity index (χ4v) is 3.85. The van der Waals surface area contributed by atoms with Gasteiger partial charge >= 0.3 is 6.03 Å². The number of hydrogen-bond acceptors (Lipinski definition) is 6. The molecule has 1 aliphatic heterocycles. The van der Waals surface area contributed by atoms with Crippen LogP contribution >= 0.6 is 15.9 Å². The van der Waals surface area contributed by atoms with Crippen LogP contribution in [0.1, 0.15) is 32.8 Å². The van der Waals surface area contributed by atoms with E-state index in [0.717, 1.165) is 11.3 Å². The highest BCUT2D eigenvalue weighted by molar-refractivity contribution is 9.10. The molecule has 4 amide bonds. The molecule has 0 saturated carbocycles. The third kappa shape index (κ3) is 6.33. The quantitative estimate of drug-likeness (QED) is 0.334. The van der Waals surface area contributed by atoms with Crippen LogP contribution in [-0.2, 0) is 9.59 Å². The Morgan fingerprint density at radius 3 is 2.63 bits per heavy atom. The van der Waals surface area contributed by atoms with Crippen LogP contribution in [-0.4, -0.2) is 49.1 Å². The maximum atomic E-state index is 12.9. The topological polar surface area (TPSA) is 106 Å². The van der Waals surface area contributed by atoms with Crippen LogP contribution in [0.3, 0.4) is 0 Å². The number of benzene rings is 2. The maximum Gasteiger partial charge on any atom is 0.329 e. The summed E-state index contributed by atoms with van der Waals surface area (Å²) in [7, 11) is 1.48. The monoisotopic (exact) mass is 545 g/mol. The second kappa shape index (κ2) is 11.7. The lowest BCUT2D eigenvalue weighted by Crippen LogP contribution is -2.38. The molecule has 9 nitrogen and oxygen atoms in total. The zero-order chi connectivity index (χ0) is 25.5. The lowest BCUT2D eigenvalue weighted by Gasteiger charge is -2.18. The number of imide groups is 1. The number of halogens is 1. The van der Waals surface area contributed by atoms with Crippen LogP contribution in [0.4, 0.5) is 10.5 Å². The average molecular weight is 546 g/mol. The summed E-state index contributed by atoms with van der Waals surface area (Å²) in [6.07, 6.45) is 2.34. The van der Waals surface area contributed by atoms with Crippen molar-refractivity contribution in [2.24, 2.45) is 0 Å². The van der Waals surface area contributed by atoms with Gasteiger partial charge in [-0.2, -0.15) is 0 Å². The molecule has 186 valence electrons. The predicted octanol–water partition coefficient (Wildman–Crippen LogP) is 4.57. The van der Waals surface area contributed by atoms with E-state index in [9.17, 15) is 14.4 Å². The van der Waals surface area contributed by atoms with Gasteiger partial charge in [-0.25, -0.2) is 9.69 Å². The number of nitrogens with one attached hydrogen (secondary N) is 2. The third-order valence-corrected chi connectivity index (χ3v) is 5.77.